The number of nitrogens with one attached hydrogen (secondary N) is 1. The van der Waals surface area contributed by atoms with Crippen LogP contribution in [0.1, 0.15) is 23.1 Å². The fourth-order valence-electron chi connectivity index (χ4n) is 0.546. The Bertz CT molecular complexity index is 284. The standard InChI is InChI=1S/C6H4N2O.C3H8O/c7-3-5-1-2-6(4-9)8-5;1-3-4-2/h1-2,4,8H;3H2,1-2H3. The van der Waals surface area contributed by atoms with Crippen LogP contribution in [-0.4, -0.2) is 25.0 Å². The zero-order valence-electron chi connectivity index (χ0n) is 7.70. The fourth-order valence-corrected chi connectivity index (χ4v) is 0.546. The maximum Gasteiger partial charge on any atom is 0.166 e. The molecule has 1 rings (SSSR count). The first-order chi connectivity index (χ1) is 6.28. The molecule has 0 atom stereocenters. The second kappa shape index (κ2) is 7.07. The molecule has 1 aromatic rings. The number of carbonyl (C=O) groups is 1. The minimum absolute atomic E-state index is 0.414. The lowest BCUT2D eigenvalue weighted by atomic mass is 10.4. The van der Waals surface area contributed by atoms with E-state index < -0.39 is 0 Å². The number of hydrogen-bond acceptors (Lipinski definition) is 3. The fraction of sp³-hybridized carbons (Fsp3) is 0.333. The van der Waals surface area contributed by atoms with Gasteiger partial charge in [0.05, 0.1) is 5.69 Å². The Labute approximate surface area is 77.1 Å². The molecule has 0 unspecified atom stereocenters. The molecule has 1 heterocycles. The number of aromatic nitrogens is 1. The summed E-state index contributed by atoms with van der Waals surface area (Å²) in [6.45, 7) is 2.78. The highest BCUT2D eigenvalue weighted by molar-refractivity contribution is 5.72. The van der Waals surface area contributed by atoms with Crippen molar-refractivity contribution in [3.63, 3.8) is 0 Å². The highest BCUT2D eigenvalue weighted by Gasteiger charge is 1.92. The Hall–Kier alpha value is -1.60. The van der Waals surface area contributed by atoms with E-state index in [-0.39, 0.29) is 0 Å². The Morgan fingerprint density at radius 3 is 2.54 bits per heavy atom. The number of nitrogens with zero attached hydrogens (tertiary/aromatic N) is 1. The van der Waals surface area contributed by atoms with Crippen LogP contribution in [-0.2, 0) is 4.74 Å². The quantitative estimate of drug-likeness (QED) is 0.698. The highest BCUT2D eigenvalue weighted by Crippen LogP contribution is 1.95. The Morgan fingerprint density at radius 2 is 2.31 bits per heavy atom. The zero-order chi connectivity index (χ0) is 10.1. The summed E-state index contributed by atoms with van der Waals surface area (Å²) < 4.78 is 4.54. The van der Waals surface area contributed by atoms with Gasteiger partial charge in [-0.2, -0.15) is 5.26 Å². The van der Waals surface area contributed by atoms with Crippen LogP contribution in [0.15, 0.2) is 12.1 Å². The molecule has 0 saturated carbocycles. The second-order valence-corrected chi connectivity index (χ2v) is 2.13. The molecule has 1 aromatic heterocycles. The number of aromatic amines is 1. The minimum atomic E-state index is 0.414. The van der Waals surface area contributed by atoms with E-state index in [4.69, 9.17) is 5.26 Å². The molecule has 0 aliphatic heterocycles. The molecular weight excluding hydrogens is 168 g/mol. The molecule has 0 aliphatic rings. The molecule has 0 spiro atoms. The molecule has 0 amide bonds. The lowest BCUT2D eigenvalue weighted by Crippen LogP contribution is -1.77. The molecule has 0 saturated heterocycles. The first kappa shape index (κ1) is 11.4. The average Bonchev–Trinajstić information content (AvgIpc) is 2.66. The third kappa shape index (κ3) is 4.77. The van der Waals surface area contributed by atoms with Crippen molar-refractivity contribution in [3.8, 4) is 6.07 Å². The molecule has 4 heteroatoms. The number of methoxy groups -OCH3 is 1. The van der Waals surface area contributed by atoms with Gasteiger partial charge in [0.1, 0.15) is 11.8 Å². The van der Waals surface area contributed by atoms with Gasteiger partial charge in [-0.25, -0.2) is 0 Å². The smallest absolute Gasteiger partial charge is 0.166 e. The van der Waals surface area contributed by atoms with E-state index in [2.05, 4.69) is 9.72 Å². The lowest BCUT2D eigenvalue weighted by Gasteiger charge is -1.76. The van der Waals surface area contributed by atoms with E-state index in [9.17, 15) is 4.79 Å². The van der Waals surface area contributed by atoms with Gasteiger partial charge in [0.25, 0.3) is 0 Å². The number of carbonyl (C=O) groups excluding carboxylic acids is 1. The number of aldehydes is 1. The first-order valence-electron chi connectivity index (χ1n) is 3.81. The normalized spacial score (nSPS) is 8.08. The van der Waals surface area contributed by atoms with Crippen LogP contribution in [0.25, 0.3) is 0 Å². The van der Waals surface area contributed by atoms with Crippen molar-refractivity contribution in [1.82, 2.24) is 4.98 Å². The summed E-state index contributed by atoms with van der Waals surface area (Å²) in [5.74, 6) is 0. The van der Waals surface area contributed by atoms with Gasteiger partial charge >= 0.3 is 0 Å². The third-order valence-electron chi connectivity index (χ3n) is 1.24. The molecule has 70 valence electrons. The third-order valence-corrected chi connectivity index (χ3v) is 1.24. The molecule has 4 nitrogen and oxygen atoms in total. The van der Waals surface area contributed by atoms with Crippen molar-refractivity contribution < 1.29 is 9.53 Å². The van der Waals surface area contributed by atoms with Crippen LogP contribution in [0.4, 0.5) is 0 Å². The molecule has 0 bridgehead atoms. The summed E-state index contributed by atoms with van der Waals surface area (Å²) in [6.07, 6.45) is 0.668. The first-order valence-corrected chi connectivity index (χ1v) is 3.81. The van der Waals surface area contributed by atoms with Crippen molar-refractivity contribution >= 4 is 6.29 Å². The van der Waals surface area contributed by atoms with E-state index in [1.54, 1.807) is 19.2 Å². The van der Waals surface area contributed by atoms with Crippen LogP contribution in [0.5, 0.6) is 0 Å². The molecule has 0 aromatic carbocycles. The maximum atomic E-state index is 10.00. The Balaban J connectivity index is 0.000000310. The maximum absolute atomic E-state index is 10.00. The van der Waals surface area contributed by atoms with Crippen molar-refractivity contribution in [3.05, 3.63) is 23.5 Å². The minimum Gasteiger partial charge on any atom is -0.385 e. The van der Waals surface area contributed by atoms with Gasteiger partial charge < -0.3 is 9.72 Å². The zero-order valence-corrected chi connectivity index (χ0v) is 7.70. The van der Waals surface area contributed by atoms with Crippen molar-refractivity contribution in [1.29, 1.82) is 5.26 Å². The summed E-state index contributed by atoms with van der Waals surface area (Å²) in [5, 5.41) is 8.25. The molecule has 1 N–H and O–H groups in total. The van der Waals surface area contributed by atoms with Gasteiger partial charge in [-0.05, 0) is 19.1 Å². The van der Waals surface area contributed by atoms with Crippen LogP contribution < -0.4 is 0 Å². The Morgan fingerprint density at radius 1 is 1.69 bits per heavy atom. The van der Waals surface area contributed by atoms with Crippen molar-refractivity contribution in [2.45, 2.75) is 6.92 Å². The van der Waals surface area contributed by atoms with Crippen molar-refractivity contribution in [2.24, 2.45) is 0 Å². The highest BCUT2D eigenvalue weighted by atomic mass is 16.5. The van der Waals surface area contributed by atoms with Crippen LogP contribution in [0.2, 0.25) is 0 Å². The Kier molecular flexibility index (Phi) is 6.20. The molecule has 13 heavy (non-hydrogen) atoms. The number of nitriles is 1. The van der Waals surface area contributed by atoms with E-state index >= 15 is 0 Å². The second-order valence-electron chi connectivity index (χ2n) is 2.13. The number of rotatable bonds is 2. The van der Waals surface area contributed by atoms with E-state index in [0.717, 1.165) is 6.61 Å². The molecular formula is C9H12N2O2. The van der Waals surface area contributed by atoms with Gasteiger partial charge in [0, 0.05) is 13.7 Å². The number of H-pyrrole nitrogens is 1. The summed E-state index contributed by atoms with van der Waals surface area (Å²) in [4.78, 5) is 12.6. The van der Waals surface area contributed by atoms with Crippen molar-refractivity contribution in [2.75, 3.05) is 13.7 Å². The largest absolute Gasteiger partial charge is 0.385 e. The van der Waals surface area contributed by atoms with E-state index in [1.807, 2.05) is 13.0 Å². The van der Waals surface area contributed by atoms with Gasteiger partial charge in [0.15, 0.2) is 6.29 Å². The van der Waals surface area contributed by atoms with Crippen LogP contribution >= 0.6 is 0 Å². The van der Waals surface area contributed by atoms with Gasteiger partial charge in [-0.1, -0.05) is 0 Å². The monoisotopic (exact) mass is 180 g/mol. The van der Waals surface area contributed by atoms with E-state index in [0.29, 0.717) is 17.7 Å². The van der Waals surface area contributed by atoms with Crippen LogP contribution in [0.3, 0.4) is 0 Å². The lowest BCUT2D eigenvalue weighted by molar-refractivity contribution is 0.111. The summed E-state index contributed by atoms with van der Waals surface area (Å²) in [5.41, 5.74) is 0.851. The van der Waals surface area contributed by atoms with Gasteiger partial charge in [0.2, 0.25) is 0 Å². The van der Waals surface area contributed by atoms with E-state index in [1.165, 1.54) is 0 Å². The molecule has 0 fully saturated rings. The predicted molar refractivity (Wildman–Crippen MR) is 48.4 cm³/mol. The average molecular weight is 180 g/mol. The SMILES string of the molecule is CCOC.N#Cc1ccc(C=O)[nH]1. The topological polar surface area (TPSA) is 65.9 Å². The molecule has 0 radical (unpaired) electrons. The number of hydrogen-bond donors (Lipinski definition) is 1. The van der Waals surface area contributed by atoms with Gasteiger partial charge in [-0.15, -0.1) is 0 Å². The van der Waals surface area contributed by atoms with Crippen LogP contribution in [0, 0.1) is 11.3 Å². The molecule has 0 aliphatic carbocycles. The summed E-state index contributed by atoms with van der Waals surface area (Å²) >= 11 is 0. The van der Waals surface area contributed by atoms with Gasteiger partial charge in [-0.3, -0.25) is 4.79 Å². The number of ether oxygens (including phenoxy) is 1. The summed E-state index contributed by atoms with van der Waals surface area (Å²) in [6, 6.07) is 4.99. The summed E-state index contributed by atoms with van der Waals surface area (Å²) in [7, 11) is 1.68. The predicted octanol–water partition coefficient (Wildman–Crippen LogP) is 1.35.